The number of halogens is 3. The van der Waals surface area contributed by atoms with E-state index < -0.39 is 6.04 Å². The van der Waals surface area contributed by atoms with Crippen LogP contribution in [0.3, 0.4) is 0 Å². The predicted octanol–water partition coefficient (Wildman–Crippen LogP) is 4.45. The van der Waals surface area contributed by atoms with Gasteiger partial charge in [0.2, 0.25) is 0 Å². The summed E-state index contributed by atoms with van der Waals surface area (Å²) in [5.74, 6) is 0. The van der Waals surface area contributed by atoms with Gasteiger partial charge in [-0.15, -0.1) is 10.2 Å². The second-order valence-electron chi connectivity index (χ2n) is 3.45. The lowest BCUT2D eigenvalue weighted by molar-refractivity contribution is 0.874. The molecular weight excluding hydrogens is 293 g/mol. The lowest BCUT2D eigenvalue weighted by Gasteiger charge is -2.08. The minimum absolute atomic E-state index is 0.271. The van der Waals surface area contributed by atoms with Crippen molar-refractivity contribution in [1.29, 1.82) is 0 Å². The van der Waals surface area contributed by atoms with Crippen LogP contribution in [0.1, 0.15) is 17.3 Å². The summed E-state index contributed by atoms with van der Waals surface area (Å²) in [7, 11) is 0. The van der Waals surface area contributed by atoms with Crippen molar-refractivity contribution in [2.75, 3.05) is 0 Å². The van der Waals surface area contributed by atoms with Gasteiger partial charge in [0.25, 0.3) is 6.04 Å². The van der Waals surface area contributed by atoms with Crippen LogP contribution in [-0.2, 0) is 0 Å². The van der Waals surface area contributed by atoms with Gasteiger partial charge in [-0.05, 0) is 24.3 Å². The third-order valence-electron chi connectivity index (χ3n) is 2.34. The van der Waals surface area contributed by atoms with Gasteiger partial charge in [-0.25, -0.2) is 6.57 Å². The van der Waals surface area contributed by atoms with Gasteiger partial charge in [-0.3, -0.25) is 0 Å². The quantitative estimate of drug-likeness (QED) is 0.767. The molecule has 0 N–H and O–H groups in total. The van der Waals surface area contributed by atoms with Crippen LogP contribution < -0.4 is 0 Å². The summed E-state index contributed by atoms with van der Waals surface area (Å²) < 4.78 is 0. The smallest absolute Gasteiger partial charge is 0.295 e. The lowest BCUT2D eigenvalue weighted by Crippen LogP contribution is -2.02. The Kier molecular flexibility index (Phi) is 4.03. The minimum Gasteiger partial charge on any atom is -0.301 e. The van der Waals surface area contributed by atoms with E-state index in [-0.39, 0.29) is 5.15 Å². The van der Waals surface area contributed by atoms with Crippen LogP contribution in [0.5, 0.6) is 0 Å². The highest BCUT2D eigenvalue weighted by Gasteiger charge is 2.26. The molecule has 0 saturated carbocycles. The topological polar surface area (TPSA) is 30.1 Å². The summed E-state index contributed by atoms with van der Waals surface area (Å²) >= 11 is 17.8. The van der Waals surface area contributed by atoms with Crippen molar-refractivity contribution in [3.8, 4) is 0 Å². The second-order valence-corrected chi connectivity index (χ2v) is 4.65. The van der Waals surface area contributed by atoms with E-state index in [2.05, 4.69) is 15.0 Å². The van der Waals surface area contributed by atoms with Gasteiger partial charge in [0.15, 0.2) is 5.15 Å². The zero-order chi connectivity index (χ0) is 13.1. The van der Waals surface area contributed by atoms with E-state index in [4.69, 9.17) is 41.4 Å². The zero-order valence-corrected chi connectivity index (χ0v) is 11.2. The predicted molar refractivity (Wildman–Crippen MR) is 71.9 cm³/mol. The molecule has 0 fully saturated rings. The van der Waals surface area contributed by atoms with Crippen LogP contribution in [-0.4, -0.2) is 10.2 Å². The number of benzene rings is 1. The molecule has 2 rings (SSSR count). The Balaban J connectivity index is 2.53. The molecule has 0 aliphatic heterocycles. The van der Waals surface area contributed by atoms with E-state index in [1.807, 2.05) is 0 Å². The van der Waals surface area contributed by atoms with E-state index in [0.717, 1.165) is 0 Å². The van der Waals surface area contributed by atoms with Crippen molar-refractivity contribution >= 4 is 34.8 Å². The summed E-state index contributed by atoms with van der Waals surface area (Å²) in [6.07, 6.45) is 0. The summed E-state index contributed by atoms with van der Waals surface area (Å²) in [5.41, 5.74) is 0.997. The normalized spacial score (nSPS) is 11.9. The molecule has 1 aromatic carbocycles. The Morgan fingerprint density at radius 3 is 2.17 bits per heavy atom. The average Bonchev–Trinajstić information content (AvgIpc) is 2.35. The summed E-state index contributed by atoms with van der Waals surface area (Å²) in [6.45, 7) is 7.29. The van der Waals surface area contributed by atoms with E-state index in [1.54, 1.807) is 30.3 Å². The number of nitrogens with zero attached hydrogens (tertiary/aromatic N) is 3. The largest absolute Gasteiger partial charge is 0.301 e. The van der Waals surface area contributed by atoms with Crippen molar-refractivity contribution in [3.63, 3.8) is 0 Å². The van der Waals surface area contributed by atoms with Crippen LogP contribution in [0, 0.1) is 6.57 Å². The van der Waals surface area contributed by atoms with Gasteiger partial charge in [0.05, 0.1) is 15.6 Å². The Hall–Kier alpha value is -1.34. The third kappa shape index (κ3) is 2.56. The summed E-state index contributed by atoms with van der Waals surface area (Å²) in [5, 5.41) is 8.75. The fourth-order valence-electron chi connectivity index (χ4n) is 1.52. The lowest BCUT2D eigenvalue weighted by atomic mass is 10.0. The molecule has 1 atom stereocenters. The molecule has 1 heterocycles. The highest BCUT2D eigenvalue weighted by molar-refractivity contribution is 6.36. The molecule has 0 bridgehead atoms. The first-order valence-corrected chi connectivity index (χ1v) is 6.06. The van der Waals surface area contributed by atoms with Gasteiger partial charge >= 0.3 is 0 Å². The summed E-state index contributed by atoms with van der Waals surface area (Å²) in [4.78, 5) is 3.52. The highest BCUT2D eigenvalue weighted by atomic mass is 35.5. The maximum atomic E-state index is 7.29. The van der Waals surface area contributed by atoms with Crippen molar-refractivity contribution in [3.05, 3.63) is 68.2 Å². The molecule has 0 spiro atoms. The highest BCUT2D eigenvalue weighted by Crippen LogP contribution is 2.35. The second kappa shape index (κ2) is 5.53. The summed E-state index contributed by atoms with van der Waals surface area (Å²) in [6, 6.07) is 7.62. The molecule has 0 radical (unpaired) electrons. The Morgan fingerprint density at radius 1 is 1.00 bits per heavy atom. The van der Waals surface area contributed by atoms with E-state index in [9.17, 15) is 0 Å². The van der Waals surface area contributed by atoms with Gasteiger partial charge in [0, 0.05) is 0 Å². The maximum Gasteiger partial charge on any atom is 0.295 e. The third-order valence-corrected chi connectivity index (χ3v) is 3.20. The minimum atomic E-state index is -0.684. The number of rotatable bonds is 2. The first-order chi connectivity index (χ1) is 8.63. The monoisotopic (exact) mass is 297 g/mol. The molecule has 0 amide bonds. The molecule has 1 unspecified atom stereocenters. The molecule has 0 aliphatic rings. The maximum absolute atomic E-state index is 7.29. The van der Waals surface area contributed by atoms with Gasteiger partial charge in [0.1, 0.15) is 5.69 Å². The van der Waals surface area contributed by atoms with Crippen molar-refractivity contribution < 1.29 is 0 Å². The van der Waals surface area contributed by atoms with Crippen molar-refractivity contribution in [2.24, 2.45) is 0 Å². The first kappa shape index (κ1) is 13.1. The average molecular weight is 299 g/mol. The van der Waals surface area contributed by atoms with Gasteiger partial charge in [-0.1, -0.05) is 40.9 Å². The van der Waals surface area contributed by atoms with Crippen LogP contribution in [0.2, 0.25) is 15.2 Å². The van der Waals surface area contributed by atoms with E-state index >= 15 is 0 Å². The van der Waals surface area contributed by atoms with Crippen molar-refractivity contribution in [2.45, 2.75) is 6.04 Å². The molecule has 2 aromatic rings. The SMILES string of the molecule is [C-]#[N+]C(c1ccc(Cl)nn1)c1c(Cl)cccc1Cl. The molecule has 18 heavy (non-hydrogen) atoms. The van der Waals surface area contributed by atoms with Gasteiger partial charge < -0.3 is 4.85 Å². The fraction of sp³-hybridized carbons (Fsp3) is 0.0833. The zero-order valence-electron chi connectivity index (χ0n) is 8.94. The molecule has 0 saturated heterocycles. The molecule has 3 nitrogen and oxygen atoms in total. The number of aromatic nitrogens is 2. The Bertz CT molecular complexity index is 585. The number of hydrogen-bond acceptors (Lipinski definition) is 2. The van der Waals surface area contributed by atoms with Crippen LogP contribution in [0.15, 0.2) is 30.3 Å². The van der Waals surface area contributed by atoms with Crippen LogP contribution in [0.4, 0.5) is 0 Å². The van der Waals surface area contributed by atoms with Gasteiger partial charge in [-0.2, -0.15) is 0 Å². The molecular formula is C12H6Cl3N3. The van der Waals surface area contributed by atoms with E-state index in [1.165, 1.54) is 0 Å². The number of hydrogen-bond donors (Lipinski definition) is 0. The molecule has 0 aliphatic carbocycles. The first-order valence-electron chi connectivity index (χ1n) is 4.93. The molecule has 90 valence electrons. The molecule has 1 aromatic heterocycles. The van der Waals surface area contributed by atoms with Crippen LogP contribution >= 0.6 is 34.8 Å². The van der Waals surface area contributed by atoms with E-state index in [0.29, 0.717) is 21.3 Å². The Labute approximate surface area is 119 Å². The standard InChI is InChI=1S/C12H6Cl3N3/c1-16-12(9-5-6-10(15)18-17-9)11-7(13)3-2-4-8(11)14/h2-6,12H. The van der Waals surface area contributed by atoms with Crippen molar-refractivity contribution in [1.82, 2.24) is 10.2 Å². The van der Waals surface area contributed by atoms with Crippen LogP contribution in [0.25, 0.3) is 4.85 Å². The Morgan fingerprint density at radius 2 is 1.67 bits per heavy atom. The fourth-order valence-corrected chi connectivity index (χ4v) is 2.23. The molecule has 6 heteroatoms.